The van der Waals surface area contributed by atoms with Gasteiger partial charge in [-0.2, -0.15) is 0 Å². The molecule has 11 heteroatoms. The van der Waals surface area contributed by atoms with Crippen molar-refractivity contribution in [3.63, 3.8) is 0 Å². The SMILES string of the molecule is CCC(C)C(NC(=O)Nc1ccc(OC)cc1)C(=O)Nc1nnc(-c2ccc3c(c2)OCO3)s1. The molecule has 10 nitrogen and oxygen atoms in total. The van der Waals surface area contributed by atoms with E-state index in [1.807, 2.05) is 32.0 Å². The van der Waals surface area contributed by atoms with E-state index in [9.17, 15) is 9.59 Å². The largest absolute Gasteiger partial charge is 0.497 e. The van der Waals surface area contributed by atoms with Crippen molar-refractivity contribution in [3.8, 4) is 27.8 Å². The number of benzene rings is 2. The Morgan fingerprint density at radius 3 is 2.59 bits per heavy atom. The van der Waals surface area contributed by atoms with Gasteiger partial charge in [0.25, 0.3) is 0 Å². The first-order valence-corrected chi connectivity index (χ1v) is 11.5. The summed E-state index contributed by atoms with van der Waals surface area (Å²) in [6.07, 6.45) is 0.694. The highest BCUT2D eigenvalue weighted by Gasteiger charge is 2.27. The summed E-state index contributed by atoms with van der Waals surface area (Å²) < 4.78 is 15.9. The molecule has 3 N–H and O–H groups in total. The number of carbonyl (C=O) groups is 2. The Bertz CT molecular complexity index is 1170. The zero-order valence-corrected chi connectivity index (χ0v) is 19.8. The molecule has 3 amide bonds. The molecular formula is C23H25N5O5S. The molecule has 0 radical (unpaired) electrons. The molecule has 4 rings (SSSR count). The van der Waals surface area contributed by atoms with Crippen LogP contribution in [0.2, 0.25) is 0 Å². The molecule has 2 aromatic carbocycles. The minimum Gasteiger partial charge on any atom is -0.497 e. The molecule has 178 valence electrons. The minimum atomic E-state index is -0.763. The van der Waals surface area contributed by atoms with E-state index in [-0.39, 0.29) is 18.6 Å². The van der Waals surface area contributed by atoms with E-state index in [0.717, 1.165) is 5.56 Å². The maximum atomic E-state index is 13.0. The summed E-state index contributed by atoms with van der Waals surface area (Å²) in [4.78, 5) is 25.6. The zero-order chi connectivity index (χ0) is 24.1. The van der Waals surface area contributed by atoms with Crippen LogP contribution in [0.25, 0.3) is 10.6 Å². The van der Waals surface area contributed by atoms with E-state index >= 15 is 0 Å². The van der Waals surface area contributed by atoms with Gasteiger partial charge in [0.1, 0.15) is 16.8 Å². The molecule has 2 atom stereocenters. The number of fused-ring (bicyclic) bond motifs is 1. The minimum absolute atomic E-state index is 0.108. The highest BCUT2D eigenvalue weighted by molar-refractivity contribution is 7.18. The standard InChI is InChI=1S/C23H25N5O5S/c1-4-13(2)19(25-22(30)24-15-6-8-16(31-3)9-7-15)20(29)26-23-28-27-21(34-23)14-5-10-17-18(11-14)33-12-32-17/h5-11,13,19H,4,12H2,1-3H3,(H2,24,25,30)(H,26,28,29). The second kappa shape index (κ2) is 10.4. The number of hydrogen-bond donors (Lipinski definition) is 3. The van der Waals surface area contributed by atoms with Crippen molar-refractivity contribution >= 4 is 34.1 Å². The molecule has 2 heterocycles. The van der Waals surface area contributed by atoms with E-state index in [1.165, 1.54) is 11.3 Å². The Morgan fingerprint density at radius 2 is 1.85 bits per heavy atom. The second-order valence-electron chi connectivity index (χ2n) is 7.66. The van der Waals surface area contributed by atoms with Crippen LogP contribution in [0.4, 0.5) is 15.6 Å². The van der Waals surface area contributed by atoms with E-state index in [2.05, 4.69) is 26.1 Å². The van der Waals surface area contributed by atoms with Gasteiger partial charge in [-0.3, -0.25) is 10.1 Å². The Kier molecular flexibility index (Phi) is 7.12. The Balaban J connectivity index is 1.41. The predicted molar refractivity (Wildman–Crippen MR) is 128 cm³/mol. The molecule has 0 spiro atoms. The Morgan fingerprint density at radius 1 is 1.09 bits per heavy atom. The third kappa shape index (κ3) is 5.37. The number of aromatic nitrogens is 2. The molecule has 2 unspecified atom stereocenters. The molecule has 1 aliphatic rings. The van der Waals surface area contributed by atoms with Crippen molar-refractivity contribution in [2.75, 3.05) is 24.5 Å². The number of ether oxygens (including phenoxy) is 3. The maximum absolute atomic E-state index is 13.0. The van der Waals surface area contributed by atoms with Gasteiger partial charge in [0.15, 0.2) is 11.5 Å². The topological polar surface area (TPSA) is 124 Å². The fraction of sp³-hybridized carbons (Fsp3) is 0.304. The predicted octanol–water partition coefficient (Wildman–Crippen LogP) is 4.12. The second-order valence-corrected chi connectivity index (χ2v) is 8.64. The first kappa shape index (κ1) is 23.3. The van der Waals surface area contributed by atoms with Crippen molar-refractivity contribution in [2.45, 2.75) is 26.3 Å². The van der Waals surface area contributed by atoms with Crippen molar-refractivity contribution < 1.29 is 23.8 Å². The van der Waals surface area contributed by atoms with Crippen LogP contribution in [0.1, 0.15) is 20.3 Å². The normalized spacial score (nSPS) is 13.6. The molecule has 1 aromatic heterocycles. The van der Waals surface area contributed by atoms with E-state index in [1.54, 1.807) is 31.4 Å². The highest BCUT2D eigenvalue weighted by atomic mass is 32.1. The van der Waals surface area contributed by atoms with Crippen molar-refractivity contribution in [1.29, 1.82) is 0 Å². The third-order valence-electron chi connectivity index (χ3n) is 5.40. The fourth-order valence-corrected chi connectivity index (χ4v) is 4.03. The monoisotopic (exact) mass is 483 g/mol. The summed E-state index contributed by atoms with van der Waals surface area (Å²) in [5, 5.41) is 17.5. The average Bonchev–Trinajstić information content (AvgIpc) is 3.51. The molecule has 34 heavy (non-hydrogen) atoms. The van der Waals surface area contributed by atoms with Gasteiger partial charge in [-0.15, -0.1) is 10.2 Å². The molecule has 0 bridgehead atoms. The van der Waals surface area contributed by atoms with Gasteiger partial charge in [-0.1, -0.05) is 31.6 Å². The first-order chi connectivity index (χ1) is 16.5. The molecule has 0 fully saturated rings. The van der Waals surface area contributed by atoms with E-state index in [4.69, 9.17) is 14.2 Å². The summed E-state index contributed by atoms with van der Waals surface area (Å²) in [6, 6.07) is 11.1. The molecule has 0 saturated carbocycles. The van der Waals surface area contributed by atoms with Gasteiger partial charge in [0.05, 0.1) is 7.11 Å². The Labute approximate surface area is 200 Å². The van der Waals surface area contributed by atoms with Crippen LogP contribution in [0.5, 0.6) is 17.2 Å². The smallest absolute Gasteiger partial charge is 0.319 e. The van der Waals surface area contributed by atoms with Gasteiger partial charge >= 0.3 is 6.03 Å². The molecule has 3 aromatic rings. The maximum Gasteiger partial charge on any atom is 0.319 e. The molecule has 1 aliphatic heterocycles. The van der Waals surface area contributed by atoms with Crippen LogP contribution in [-0.2, 0) is 4.79 Å². The van der Waals surface area contributed by atoms with Gasteiger partial charge in [-0.25, -0.2) is 4.79 Å². The summed E-state index contributed by atoms with van der Waals surface area (Å²) in [5.41, 5.74) is 1.39. The number of amides is 3. The summed E-state index contributed by atoms with van der Waals surface area (Å²) in [5.74, 6) is 1.52. The molecule has 0 saturated heterocycles. The fourth-order valence-electron chi connectivity index (χ4n) is 3.29. The van der Waals surface area contributed by atoms with Gasteiger partial charge in [0.2, 0.25) is 17.8 Å². The van der Waals surface area contributed by atoms with Gasteiger partial charge in [0, 0.05) is 11.3 Å². The van der Waals surface area contributed by atoms with Crippen molar-refractivity contribution in [1.82, 2.24) is 15.5 Å². The third-order valence-corrected chi connectivity index (χ3v) is 6.29. The van der Waals surface area contributed by atoms with Crippen LogP contribution >= 0.6 is 11.3 Å². The number of rotatable bonds is 8. The van der Waals surface area contributed by atoms with Crippen LogP contribution < -0.4 is 30.2 Å². The van der Waals surface area contributed by atoms with Crippen molar-refractivity contribution in [3.05, 3.63) is 42.5 Å². The molecule has 0 aliphatic carbocycles. The lowest BCUT2D eigenvalue weighted by Gasteiger charge is -2.23. The van der Waals surface area contributed by atoms with Gasteiger partial charge in [-0.05, 0) is 48.4 Å². The van der Waals surface area contributed by atoms with Crippen LogP contribution in [0, 0.1) is 5.92 Å². The van der Waals surface area contributed by atoms with Gasteiger partial charge < -0.3 is 24.8 Å². The first-order valence-electron chi connectivity index (χ1n) is 10.7. The summed E-state index contributed by atoms with van der Waals surface area (Å²) in [6.45, 7) is 4.04. The van der Waals surface area contributed by atoms with Crippen molar-refractivity contribution in [2.24, 2.45) is 5.92 Å². The molecular weight excluding hydrogens is 458 g/mol. The Hall–Kier alpha value is -3.86. The number of methoxy groups -OCH3 is 1. The lowest BCUT2D eigenvalue weighted by molar-refractivity contribution is -0.119. The lowest BCUT2D eigenvalue weighted by atomic mass is 9.98. The zero-order valence-electron chi connectivity index (χ0n) is 19.0. The number of carbonyl (C=O) groups excluding carboxylic acids is 2. The number of hydrogen-bond acceptors (Lipinski definition) is 8. The highest BCUT2D eigenvalue weighted by Crippen LogP contribution is 2.37. The quantitative estimate of drug-likeness (QED) is 0.440. The summed E-state index contributed by atoms with van der Waals surface area (Å²) >= 11 is 1.23. The van der Waals surface area contributed by atoms with Crippen LogP contribution in [0.3, 0.4) is 0 Å². The number of nitrogens with zero attached hydrogens (tertiary/aromatic N) is 2. The summed E-state index contributed by atoms with van der Waals surface area (Å²) in [7, 11) is 1.57. The van der Waals surface area contributed by atoms with E-state index in [0.29, 0.717) is 39.5 Å². The average molecular weight is 484 g/mol. The lowest BCUT2D eigenvalue weighted by Crippen LogP contribution is -2.49. The van der Waals surface area contributed by atoms with Crippen LogP contribution in [0.15, 0.2) is 42.5 Å². The number of urea groups is 1. The van der Waals surface area contributed by atoms with E-state index < -0.39 is 12.1 Å². The number of anilines is 2. The van der Waals surface area contributed by atoms with Crippen LogP contribution in [-0.4, -0.2) is 42.1 Å². The number of nitrogens with one attached hydrogen (secondary N) is 3.